The fraction of sp³-hybridized carbons (Fsp3) is 0.273. The van der Waals surface area contributed by atoms with Crippen LogP contribution >= 0.6 is 15.9 Å². The Hall–Kier alpha value is -3.40. The molecule has 2 aromatic rings. The summed E-state index contributed by atoms with van der Waals surface area (Å²) in [7, 11) is 1.47. The second-order valence-electron chi connectivity index (χ2n) is 6.72. The molecule has 0 aliphatic heterocycles. The number of methoxy groups -OCH3 is 1. The first-order valence-corrected chi connectivity index (χ1v) is 10.5. The Labute approximate surface area is 194 Å². The highest BCUT2D eigenvalue weighted by Crippen LogP contribution is 2.28. The fourth-order valence-electron chi connectivity index (χ4n) is 2.77. The lowest BCUT2D eigenvalue weighted by atomic mass is 10.1. The van der Waals surface area contributed by atoms with Gasteiger partial charge in [-0.05, 0) is 67.8 Å². The largest absolute Gasteiger partial charge is 0.493 e. The Morgan fingerprint density at radius 3 is 2.38 bits per heavy atom. The van der Waals surface area contributed by atoms with Gasteiger partial charge in [-0.1, -0.05) is 15.9 Å². The molecule has 0 radical (unpaired) electrons. The fourth-order valence-corrected chi connectivity index (χ4v) is 3.45. The van der Waals surface area contributed by atoms with E-state index in [0.29, 0.717) is 23.6 Å². The van der Waals surface area contributed by atoms with E-state index in [9.17, 15) is 14.4 Å². The highest BCUT2D eigenvalue weighted by molar-refractivity contribution is 9.10. The van der Waals surface area contributed by atoms with Gasteiger partial charge in [-0.25, -0.2) is 5.43 Å². The minimum Gasteiger partial charge on any atom is -0.493 e. The number of hydrazone groups is 1. The van der Waals surface area contributed by atoms with Gasteiger partial charge in [0.1, 0.15) is 0 Å². The lowest BCUT2D eigenvalue weighted by Gasteiger charge is -2.14. The van der Waals surface area contributed by atoms with E-state index in [0.717, 1.165) is 21.3 Å². The van der Waals surface area contributed by atoms with Crippen LogP contribution in [-0.4, -0.2) is 44.2 Å². The average molecular weight is 505 g/mol. The van der Waals surface area contributed by atoms with Crippen molar-refractivity contribution < 1.29 is 23.9 Å². The van der Waals surface area contributed by atoms with Crippen LogP contribution in [0.15, 0.2) is 39.9 Å². The number of nitrogens with zero attached hydrogens (tertiary/aromatic N) is 1. The number of carbonyl (C=O) groups excluding carboxylic acids is 3. The molecule has 0 fully saturated rings. The van der Waals surface area contributed by atoms with Crippen LogP contribution in [-0.2, 0) is 14.4 Å². The normalized spacial score (nSPS) is 10.5. The number of nitrogens with one attached hydrogen (secondary N) is 3. The van der Waals surface area contributed by atoms with E-state index in [-0.39, 0.29) is 12.5 Å². The van der Waals surface area contributed by atoms with Crippen LogP contribution in [0.2, 0.25) is 0 Å². The van der Waals surface area contributed by atoms with Gasteiger partial charge in [0.15, 0.2) is 18.1 Å². The molecule has 0 bridgehead atoms. The molecule has 0 aliphatic carbocycles. The molecule has 2 aromatic carbocycles. The number of halogens is 1. The Kier molecular flexibility index (Phi) is 9.21. The molecule has 0 spiro atoms. The molecule has 170 valence electrons. The van der Waals surface area contributed by atoms with Crippen molar-refractivity contribution in [2.45, 2.75) is 20.8 Å². The topological polar surface area (TPSA) is 118 Å². The first-order chi connectivity index (χ1) is 15.2. The number of anilines is 1. The van der Waals surface area contributed by atoms with Crippen molar-refractivity contribution in [2.24, 2.45) is 5.10 Å². The highest BCUT2D eigenvalue weighted by Gasteiger charge is 2.12. The standard InChI is InChI=1S/C22H25BrN4O5/c1-5-24-21(29)22(30)27-25-11-15-6-7-17(18(10-15)31-4)32-12-19(28)26-20-13(2)8-16(23)9-14(20)3/h6-11H,5,12H2,1-4H3,(H,24,29)(H,26,28)(H,27,30)/b25-11-. The Morgan fingerprint density at radius 2 is 1.75 bits per heavy atom. The van der Waals surface area contributed by atoms with Crippen LogP contribution in [0.4, 0.5) is 5.69 Å². The van der Waals surface area contributed by atoms with Gasteiger partial charge in [0.2, 0.25) is 0 Å². The monoisotopic (exact) mass is 504 g/mol. The van der Waals surface area contributed by atoms with Gasteiger partial charge in [-0.15, -0.1) is 0 Å². The molecule has 0 heterocycles. The maximum absolute atomic E-state index is 12.4. The van der Waals surface area contributed by atoms with Gasteiger partial charge in [-0.3, -0.25) is 14.4 Å². The minimum atomic E-state index is -0.864. The quantitative estimate of drug-likeness (QED) is 0.290. The molecule has 32 heavy (non-hydrogen) atoms. The summed E-state index contributed by atoms with van der Waals surface area (Å²) in [4.78, 5) is 35.2. The van der Waals surface area contributed by atoms with Crippen molar-refractivity contribution in [1.29, 1.82) is 0 Å². The number of likely N-dealkylation sites (N-methyl/N-ethyl adjacent to an activating group) is 1. The van der Waals surface area contributed by atoms with Gasteiger partial charge in [0, 0.05) is 16.7 Å². The van der Waals surface area contributed by atoms with Crippen LogP contribution in [0.5, 0.6) is 11.5 Å². The summed E-state index contributed by atoms with van der Waals surface area (Å²) in [5, 5.41) is 8.98. The molecule has 0 saturated heterocycles. The van der Waals surface area contributed by atoms with Gasteiger partial charge in [0.05, 0.1) is 13.3 Å². The predicted molar refractivity (Wildman–Crippen MR) is 125 cm³/mol. The van der Waals surface area contributed by atoms with Crippen LogP contribution in [0, 0.1) is 13.8 Å². The zero-order chi connectivity index (χ0) is 23.7. The van der Waals surface area contributed by atoms with E-state index >= 15 is 0 Å². The first kappa shape index (κ1) is 24.9. The zero-order valence-electron chi connectivity index (χ0n) is 18.2. The Morgan fingerprint density at radius 1 is 1.06 bits per heavy atom. The number of benzene rings is 2. The van der Waals surface area contributed by atoms with Gasteiger partial charge in [0.25, 0.3) is 5.91 Å². The third kappa shape index (κ3) is 7.09. The van der Waals surface area contributed by atoms with Crippen LogP contribution < -0.4 is 25.5 Å². The summed E-state index contributed by atoms with van der Waals surface area (Å²) in [6, 6.07) is 8.75. The summed E-state index contributed by atoms with van der Waals surface area (Å²) in [5.41, 5.74) is 5.34. The summed E-state index contributed by atoms with van der Waals surface area (Å²) < 4.78 is 11.9. The van der Waals surface area contributed by atoms with Crippen molar-refractivity contribution in [1.82, 2.24) is 10.7 Å². The van der Waals surface area contributed by atoms with Crippen molar-refractivity contribution in [2.75, 3.05) is 25.6 Å². The molecule has 0 atom stereocenters. The van der Waals surface area contributed by atoms with Gasteiger partial charge >= 0.3 is 11.8 Å². The summed E-state index contributed by atoms with van der Waals surface area (Å²) in [5.74, 6) is -1.18. The maximum atomic E-state index is 12.4. The summed E-state index contributed by atoms with van der Waals surface area (Å²) in [6.45, 7) is 5.67. The lowest BCUT2D eigenvalue weighted by molar-refractivity contribution is -0.139. The van der Waals surface area contributed by atoms with Crippen molar-refractivity contribution >= 4 is 45.6 Å². The average Bonchev–Trinajstić information content (AvgIpc) is 2.75. The number of aryl methyl sites for hydroxylation is 2. The van der Waals surface area contributed by atoms with E-state index < -0.39 is 11.8 Å². The number of carbonyl (C=O) groups is 3. The molecule has 9 nitrogen and oxygen atoms in total. The molecule has 3 N–H and O–H groups in total. The summed E-state index contributed by atoms with van der Waals surface area (Å²) in [6.07, 6.45) is 1.36. The van der Waals surface area contributed by atoms with E-state index in [4.69, 9.17) is 9.47 Å². The third-order valence-electron chi connectivity index (χ3n) is 4.23. The third-order valence-corrected chi connectivity index (χ3v) is 4.69. The Balaban J connectivity index is 1.98. The molecule has 0 aromatic heterocycles. The van der Waals surface area contributed by atoms with Crippen LogP contribution in [0.3, 0.4) is 0 Å². The number of ether oxygens (including phenoxy) is 2. The maximum Gasteiger partial charge on any atom is 0.329 e. The van der Waals surface area contributed by atoms with Crippen molar-refractivity contribution in [3.63, 3.8) is 0 Å². The molecular formula is C22H25BrN4O5. The molecule has 10 heteroatoms. The molecule has 0 saturated carbocycles. The SMILES string of the molecule is CCNC(=O)C(=O)N/N=C\c1ccc(OCC(=O)Nc2c(C)cc(Br)cc2C)c(OC)c1. The zero-order valence-corrected chi connectivity index (χ0v) is 19.8. The Bertz CT molecular complexity index is 1020. The van der Waals surface area contributed by atoms with E-state index in [1.54, 1.807) is 25.1 Å². The van der Waals surface area contributed by atoms with Crippen molar-refractivity contribution in [3.8, 4) is 11.5 Å². The highest BCUT2D eigenvalue weighted by atomic mass is 79.9. The van der Waals surface area contributed by atoms with E-state index in [1.807, 2.05) is 26.0 Å². The second-order valence-corrected chi connectivity index (χ2v) is 7.64. The first-order valence-electron chi connectivity index (χ1n) is 9.73. The van der Waals surface area contributed by atoms with Gasteiger partial charge in [-0.2, -0.15) is 5.10 Å². The van der Waals surface area contributed by atoms with Gasteiger partial charge < -0.3 is 20.1 Å². The predicted octanol–water partition coefficient (Wildman–Crippen LogP) is 2.68. The smallest absolute Gasteiger partial charge is 0.329 e. The molecular weight excluding hydrogens is 480 g/mol. The number of amides is 3. The number of rotatable bonds is 8. The summed E-state index contributed by atoms with van der Waals surface area (Å²) >= 11 is 3.43. The second kappa shape index (κ2) is 11.8. The molecule has 3 amide bonds. The van der Waals surface area contributed by atoms with Crippen molar-refractivity contribution in [3.05, 3.63) is 51.5 Å². The number of hydrogen-bond donors (Lipinski definition) is 3. The number of hydrogen-bond acceptors (Lipinski definition) is 6. The van der Waals surface area contributed by atoms with E-state index in [2.05, 4.69) is 37.1 Å². The van der Waals surface area contributed by atoms with Crippen LogP contribution in [0.1, 0.15) is 23.6 Å². The minimum absolute atomic E-state index is 0.207. The molecule has 2 rings (SSSR count). The molecule has 0 aliphatic rings. The van der Waals surface area contributed by atoms with Crippen LogP contribution in [0.25, 0.3) is 0 Å². The molecule has 0 unspecified atom stereocenters. The van der Waals surface area contributed by atoms with E-state index in [1.165, 1.54) is 13.3 Å². The lowest BCUT2D eigenvalue weighted by Crippen LogP contribution is -2.37.